The number of benzene rings is 2. The molecule has 0 aromatic heterocycles. The number of fused-ring (bicyclic) bond motifs is 1. The monoisotopic (exact) mass is 373 g/mol. The second-order valence-electron chi connectivity index (χ2n) is 6.26. The number of carbonyl (C=O) groups excluding carboxylic acids is 1. The fraction of sp³-hybridized carbons (Fsp3) is 0.381. The summed E-state index contributed by atoms with van der Waals surface area (Å²) in [4.78, 5) is 12.4. The predicted octanol–water partition coefficient (Wildman–Crippen LogP) is 4.25. The van der Waals surface area contributed by atoms with Crippen molar-refractivity contribution < 1.29 is 4.79 Å². The second-order valence-corrected chi connectivity index (χ2v) is 6.70. The first-order chi connectivity index (χ1) is 12.5. The Hall–Kier alpha value is -2.04. The summed E-state index contributed by atoms with van der Waals surface area (Å²) >= 11 is 6.09. The molecule has 3 rings (SSSR count). The number of hydrogen-bond acceptors (Lipinski definition) is 3. The molecule has 5 heteroatoms. The predicted molar refractivity (Wildman–Crippen MR) is 110 cm³/mol. The smallest absolute Gasteiger partial charge is 0.228 e. The first-order valence-corrected chi connectivity index (χ1v) is 9.56. The molecule has 140 valence electrons. The van der Waals surface area contributed by atoms with Crippen LogP contribution in [0.1, 0.15) is 55.8 Å². The largest absolute Gasteiger partial charge is 0.398 e. The molecule has 2 aromatic rings. The molecule has 2 unspecified atom stereocenters. The number of rotatable bonds is 4. The van der Waals surface area contributed by atoms with Crippen molar-refractivity contribution >= 4 is 23.2 Å². The number of nitrogen functional groups attached to an aromatic ring is 1. The van der Waals surface area contributed by atoms with Gasteiger partial charge < -0.3 is 16.4 Å². The number of hydrogen-bond donors (Lipinski definition) is 3. The number of anilines is 1. The lowest BCUT2D eigenvalue weighted by atomic mass is 9.82. The van der Waals surface area contributed by atoms with Crippen LogP contribution in [0.25, 0.3) is 0 Å². The molecule has 0 fully saturated rings. The summed E-state index contributed by atoms with van der Waals surface area (Å²) in [5, 5.41) is 6.81. The minimum Gasteiger partial charge on any atom is -0.398 e. The van der Waals surface area contributed by atoms with E-state index in [1.165, 1.54) is 0 Å². The summed E-state index contributed by atoms with van der Waals surface area (Å²) in [6.45, 7) is 8.41. The van der Waals surface area contributed by atoms with E-state index < -0.39 is 0 Å². The van der Waals surface area contributed by atoms with Crippen LogP contribution in [0.4, 0.5) is 5.69 Å². The zero-order valence-corrected chi connectivity index (χ0v) is 16.4. The standard InChI is InChI=1S/C17H17ClN2O.C4H11N/c1-2-11-12-5-3-4-6-13(12)16(20-17(11)21)14-9-10(18)7-8-15(14)19;1-3-5-4-2/h3-9,11,16H,2,19H2,1H3,(H,20,21);5H,3-4H2,1-2H3. The molecule has 0 radical (unpaired) electrons. The lowest BCUT2D eigenvalue weighted by molar-refractivity contribution is -0.123. The molecule has 0 bridgehead atoms. The second kappa shape index (κ2) is 9.60. The summed E-state index contributed by atoms with van der Waals surface area (Å²) in [5.74, 6) is -0.0570. The Labute approximate surface area is 161 Å². The lowest BCUT2D eigenvalue weighted by Crippen LogP contribution is -2.39. The summed E-state index contributed by atoms with van der Waals surface area (Å²) in [6, 6.07) is 13.1. The normalized spacial score (nSPS) is 18.4. The van der Waals surface area contributed by atoms with Gasteiger partial charge in [-0.15, -0.1) is 0 Å². The Balaban J connectivity index is 0.000000431. The van der Waals surface area contributed by atoms with Crippen molar-refractivity contribution in [3.8, 4) is 0 Å². The van der Waals surface area contributed by atoms with Gasteiger partial charge in [0.15, 0.2) is 0 Å². The minimum absolute atomic E-state index is 0.0422. The molecule has 1 aliphatic heterocycles. The maximum atomic E-state index is 12.4. The number of carbonyl (C=O) groups is 1. The zero-order chi connectivity index (χ0) is 19.1. The Bertz CT molecular complexity index is 746. The molecule has 0 aliphatic carbocycles. The maximum Gasteiger partial charge on any atom is 0.228 e. The quantitative estimate of drug-likeness (QED) is 0.702. The van der Waals surface area contributed by atoms with Gasteiger partial charge in [-0.25, -0.2) is 0 Å². The Morgan fingerprint density at radius 2 is 1.69 bits per heavy atom. The van der Waals surface area contributed by atoms with E-state index in [1.54, 1.807) is 12.1 Å². The summed E-state index contributed by atoms with van der Waals surface area (Å²) < 4.78 is 0. The Kier molecular flexibility index (Phi) is 7.49. The van der Waals surface area contributed by atoms with Crippen molar-refractivity contribution in [2.45, 2.75) is 39.2 Å². The van der Waals surface area contributed by atoms with Crippen LogP contribution in [0.3, 0.4) is 0 Å². The van der Waals surface area contributed by atoms with E-state index in [1.807, 2.05) is 37.3 Å². The van der Waals surface area contributed by atoms with Crippen molar-refractivity contribution in [2.75, 3.05) is 18.8 Å². The molecule has 1 amide bonds. The fourth-order valence-corrected chi connectivity index (χ4v) is 3.43. The molecule has 1 aliphatic rings. The van der Waals surface area contributed by atoms with Crippen LogP contribution in [0.2, 0.25) is 5.02 Å². The van der Waals surface area contributed by atoms with Gasteiger partial charge in [0, 0.05) is 16.3 Å². The van der Waals surface area contributed by atoms with Crippen molar-refractivity contribution in [3.63, 3.8) is 0 Å². The van der Waals surface area contributed by atoms with E-state index in [-0.39, 0.29) is 17.9 Å². The molecule has 2 atom stereocenters. The third-order valence-corrected chi connectivity index (χ3v) is 4.79. The van der Waals surface area contributed by atoms with E-state index in [4.69, 9.17) is 17.3 Å². The van der Waals surface area contributed by atoms with Gasteiger partial charge in [0.25, 0.3) is 0 Å². The van der Waals surface area contributed by atoms with Gasteiger partial charge >= 0.3 is 0 Å². The third-order valence-electron chi connectivity index (χ3n) is 4.55. The highest BCUT2D eigenvalue weighted by Gasteiger charge is 2.33. The van der Waals surface area contributed by atoms with Crippen molar-refractivity contribution in [1.29, 1.82) is 0 Å². The Morgan fingerprint density at radius 1 is 1.04 bits per heavy atom. The van der Waals surface area contributed by atoms with E-state index in [0.29, 0.717) is 10.7 Å². The maximum absolute atomic E-state index is 12.4. The third kappa shape index (κ3) is 4.57. The number of nitrogens with two attached hydrogens (primary N) is 1. The minimum atomic E-state index is -0.241. The van der Waals surface area contributed by atoms with Crippen LogP contribution in [-0.4, -0.2) is 19.0 Å². The van der Waals surface area contributed by atoms with E-state index in [9.17, 15) is 4.79 Å². The lowest BCUT2D eigenvalue weighted by Gasteiger charge is -2.32. The van der Waals surface area contributed by atoms with Gasteiger partial charge in [-0.1, -0.05) is 56.6 Å². The highest BCUT2D eigenvalue weighted by Crippen LogP contribution is 2.38. The van der Waals surface area contributed by atoms with Gasteiger partial charge in [0.1, 0.15) is 0 Å². The van der Waals surface area contributed by atoms with Gasteiger partial charge in [-0.3, -0.25) is 4.79 Å². The Morgan fingerprint density at radius 3 is 2.27 bits per heavy atom. The average molecular weight is 374 g/mol. The van der Waals surface area contributed by atoms with Gasteiger partial charge in [-0.2, -0.15) is 0 Å². The number of halogens is 1. The molecular weight excluding hydrogens is 346 g/mol. The van der Waals surface area contributed by atoms with Crippen LogP contribution in [0.5, 0.6) is 0 Å². The van der Waals surface area contributed by atoms with Crippen LogP contribution in [0.15, 0.2) is 42.5 Å². The summed E-state index contributed by atoms with van der Waals surface area (Å²) in [5.41, 5.74) is 9.73. The van der Waals surface area contributed by atoms with Gasteiger partial charge in [0.2, 0.25) is 5.91 Å². The van der Waals surface area contributed by atoms with E-state index in [0.717, 1.165) is 36.2 Å². The first kappa shape index (κ1) is 20.3. The molecule has 0 spiro atoms. The molecule has 0 saturated heterocycles. The average Bonchev–Trinajstić information content (AvgIpc) is 2.64. The highest BCUT2D eigenvalue weighted by molar-refractivity contribution is 6.30. The van der Waals surface area contributed by atoms with Crippen LogP contribution >= 0.6 is 11.6 Å². The number of nitrogens with one attached hydrogen (secondary N) is 2. The SMILES string of the molecule is CCC1C(=O)NC(c2cc(Cl)ccc2N)c2ccccc21.CCNCC. The molecular formula is C21H28ClN3O. The molecule has 4 nitrogen and oxygen atoms in total. The van der Waals surface area contributed by atoms with E-state index >= 15 is 0 Å². The van der Waals surface area contributed by atoms with Crippen molar-refractivity contribution in [3.05, 3.63) is 64.2 Å². The summed E-state index contributed by atoms with van der Waals surface area (Å²) in [7, 11) is 0. The fourth-order valence-electron chi connectivity index (χ4n) is 3.25. The van der Waals surface area contributed by atoms with Crippen molar-refractivity contribution in [1.82, 2.24) is 10.6 Å². The van der Waals surface area contributed by atoms with E-state index in [2.05, 4.69) is 24.5 Å². The van der Waals surface area contributed by atoms with Crippen LogP contribution in [-0.2, 0) is 4.79 Å². The van der Waals surface area contributed by atoms with Gasteiger partial charge in [-0.05, 0) is 48.8 Å². The summed E-state index contributed by atoms with van der Waals surface area (Å²) in [6.07, 6.45) is 0.778. The van der Waals surface area contributed by atoms with Crippen LogP contribution < -0.4 is 16.4 Å². The highest BCUT2D eigenvalue weighted by atomic mass is 35.5. The molecule has 4 N–H and O–H groups in total. The molecule has 26 heavy (non-hydrogen) atoms. The molecule has 1 heterocycles. The van der Waals surface area contributed by atoms with Crippen molar-refractivity contribution in [2.24, 2.45) is 0 Å². The van der Waals surface area contributed by atoms with Crippen LogP contribution in [0, 0.1) is 0 Å². The molecule has 2 aromatic carbocycles. The first-order valence-electron chi connectivity index (χ1n) is 9.18. The van der Waals surface area contributed by atoms with Gasteiger partial charge in [0.05, 0.1) is 12.0 Å². The topological polar surface area (TPSA) is 67.2 Å². The number of amides is 1. The molecule has 0 saturated carbocycles. The zero-order valence-electron chi connectivity index (χ0n) is 15.7.